The highest BCUT2D eigenvalue weighted by Gasteiger charge is 2.25. The van der Waals surface area contributed by atoms with Gasteiger partial charge >= 0.3 is 0 Å². The Morgan fingerprint density at radius 1 is 1.23 bits per heavy atom. The molecule has 0 spiro atoms. The van der Waals surface area contributed by atoms with Crippen LogP contribution in [0, 0.1) is 0 Å². The Hall–Kier alpha value is -1.96. The maximum absolute atomic E-state index is 12.8. The van der Waals surface area contributed by atoms with Crippen LogP contribution in [0.1, 0.15) is 16.1 Å². The van der Waals surface area contributed by atoms with E-state index in [1.165, 1.54) is 0 Å². The molecule has 1 fully saturated rings. The van der Waals surface area contributed by atoms with Crippen molar-refractivity contribution in [1.29, 1.82) is 0 Å². The predicted octanol–water partition coefficient (Wildman–Crippen LogP) is 5.16. The molecule has 0 unspecified atom stereocenters. The number of aromatic nitrogens is 2. The molecule has 4 nitrogen and oxygen atoms in total. The van der Waals surface area contributed by atoms with Crippen molar-refractivity contribution in [2.24, 2.45) is 0 Å². The Kier molecular flexibility index (Phi) is 5.19. The number of nitrogens with zero attached hydrogens (tertiary/aromatic N) is 3. The molecular weight excluding hydrogens is 430 g/mol. The molecule has 1 aliphatic heterocycles. The minimum atomic E-state index is 0.0245. The van der Waals surface area contributed by atoms with E-state index in [9.17, 15) is 4.79 Å². The van der Waals surface area contributed by atoms with Crippen molar-refractivity contribution in [1.82, 2.24) is 14.9 Å². The first-order chi connectivity index (χ1) is 12.7. The number of hydrogen-bond donors (Lipinski definition) is 0. The molecule has 0 N–H and O–H groups in total. The van der Waals surface area contributed by atoms with Crippen molar-refractivity contribution in [3.63, 3.8) is 0 Å². The van der Waals surface area contributed by atoms with E-state index < -0.39 is 0 Å². The van der Waals surface area contributed by atoms with E-state index in [2.05, 4.69) is 25.9 Å². The molecule has 1 amide bonds. The van der Waals surface area contributed by atoms with E-state index >= 15 is 0 Å². The zero-order chi connectivity index (χ0) is 17.9. The van der Waals surface area contributed by atoms with Gasteiger partial charge in [0.1, 0.15) is 5.01 Å². The Labute approximate surface area is 168 Å². The van der Waals surface area contributed by atoms with Crippen molar-refractivity contribution >= 4 is 51.0 Å². The number of pyridine rings is 1. The lowest BCUT2D eigenvalue weighted by Crippen LogP contribution is -2.26. The van der Waals surface area contributed by atoms with Crippen molar-refractivity contribution in [2.45, 2.75) is 0 Å². The lowest BCUT2D eigenvalue weighted by Gasteiger charge is -2.16. The number of thiazole rings is 1. The van der Waals surface area contributed by atoms with Gasteiger partial charge < -0.3 is 4.90 Å². The van der Waals surface area contributed by atoms with Gasteiger partial charge in [-0.3, -0.25) is 9.78 Å². The van der Waals surface area contributed by atoms with Crippen LogP contribution in [-0.4, -0.2) is 33.1 Å². The highest BCUT2D eigenvalue weighted by Crippen LogP contribution is 2.32. The highest BCUT2D eigenvalue weighted by atomic mass is 79.9. The lowest BCUT2D eigenvalue weighted by molar-refractivity contribution is 0.0831. The Morgan fingerprint density at radius 3 is 2.85 bits per heavy atom. The summed E-state index contributed by atoms with van der Waals surface area (Å²) in [4.78, 5) is 23.5. The van der Waals surface area contributed by atoms with Gasteiger partial charge in [-0.1, -0.05) is 15.9 Å². The Morgan fingerprint density at radius 2 is 2.08 bits per heavy atom. The van der Waals surface area contributed by atoms with E-state index in [0.29, 0.717) is 12.1 Å². The van der Waals surface area contributed by atoms with Crippen LogP contribution in [0.15, 0.2) is 63.7 Å². The molecule has 1 aromatic carbocycles. The van der Waals surface area contributed by atoms with Crippen molar-refractivity contribution in [3.8, 4) is 10.6 Å². The smallest absolute Gasteiger partial charge is 0.258 e. The van der Waals surface area contributed by atoms with Crippen LogP contribution in [0.3, 0.4) is 0 Å². The predicted molar refractivity (Wildman–Crippen MR) is 111 cm³/mol. The summed E-state index contributed by atoms with van der Waals surface area (Å²) in [5.74, 6) is 0.921. The van der Waals surface area contributed by atoms with Gasteiger partial charge in [0.05, 0.1) is 10.7 Å². The summed E-state index contributed by atoms with van der Waals surface area (Å²) in [6.07, 6.45) is 5.55. The number of carbonyl (C=O) groups is 1. The van der Waals surface area contributed by atoms with Gasteiger partial charge in [-0.05, 0) is 42.5 Å². The fraction of sp³-hybridized carbons (Fsp3) is 0.105. The first kappa shape index (κ1) is 17.5. The maximum atomic E-state index is 12.8. The number of halogens is 1. The minimum absolute atomic E-state index is 0.0245. The number of amides is 1. The van der Waals surface area contributed by atoms with Crippen LogP contribution in [0.25, 0.3) is 16.6 Å². The molecule has 130 valence electrons. The molecule has 3 heterocycles. The van der Waals surface area contributed by atoms with Crippen LogP contribution in [0.2, 0.25) is 0 Å². The fourth-order valence-electron chi connectivity index (χ4n) is 2.60. The maximum Gasteiger partial charge on any atom is 0.258 e. The molecule has 0 bridgehead atoms. The third-order valence-corrected chi connectivity index (χ3v) is 6.33. The molecule has 7 heteroatoms. The molecule has 0 atom stereocenters. The second kappa shape index (κ2) is 7.73. The van der Waals surface area contributed by atoms with Gasteiger partial charge in [0.2, 0.25) is 0 Å². The quantitative estimate of drug-likeness (QED) is 0.560. The van der Waals surface area contributed by atoms with Crippen molar-refractivity contribution in [3.05, 3.63) is 74.9 Å². The SMILES string of the molecule is O=C(c1ccc(Br)cc1)N1CCS/C1=C/c1csc(-c2cccnc2)n1. The number of carbonyl (C=O) groups excluding carboxylic acids is 1. The molecule has 0 saturated carbocycles. The molecule has 1 aliphatic rings. The molecule has 4 rings (SSSR count). The van der Waals surface area contributed by atoms with Crippen LogP contribution in [-0.2, 0) is 0 Å². The second-order valence-electron chi connectivity index (χ2n) is 5.61. The van der Waals surface area contributed by atoms with Gasteiger partial charge in [0.25, 0.3) is 5.91 Å². The molecule has 2 aromatic heterocycles. The zero-order valence-electron chi connectivity index (χ0n) is 13.6. The van der Waals surface area contributed by atoms with Crippen LogP contribution >= 0.6 is 39.0 Å². The summed E-state index contributed by atoms with van der Waals surface area (Å²) in [7, 11) is 0. The number of thioether (sulfide) groups is 1. The first-order valence-electron chi connectivity index (χ1n) is 7.98. The van der Waals surface area contributed by atoms with E-state index in [1.807, 2.05) is 59.0 Å². The third-order valence-electron chi connectivity index (χ3n) is 3.87. The van der Waals surface area contributed by atoms with E-state index in [4.69, 9.17) is 0 Å². The minimum Gasteiger partial charge on any atom is -0.302 e. The average Bonchev–Trinajstić information content (AvgIpc) is 3.33. The third kappa shape index (κ3) is 3.75. The van der Waals surface area contributed by atoms with Gasteiger partial charge in [0, 0.05) is 45.7 Å². The number of rotatable bonds is 3. The monoisotopic (exact) mass is 443 g/mol. The van der Waals surface area contributed by atoms with Crippen LogP contribution < -0.4 is 0 Å². The lowest BCUT2D eigenvalue weighted by atomic mass is 10.2. The first-order valence-corrected chi connectivity index (χ1v) is 10.6. The van der Waals surface area contributed by atoms with E-state index in [-0.39, 0.29) is 5.91 Å². The van der Waals surface area contributed by atoms with Gasteiger partial charge in [-0.25, -0.2) is 4.98 Å². The summed E-state index contributed by atoms with van der Waals surface area (Å²) in [5.41, 5.74) is 2.56. The molecule has 0 radical (unpaired) electrons. The molecule has 1 saturated heterocycles. The standard InChI is InChI=1S/C19H14BrN3OS2/c20-15-5-3-13(4-6-15)19(24)23-8-9-25-17(23)10-16-12-26-18(22-16)14-2-1-7-21-11-14/h1-7,10-12H,8-9H2/b17-10+. The summed E-state index contributed by atoms with van der Waals surface area (Å²) >= 11 is 6.67. The summed E-state index contributed by atoms with van der Waals surface area (Å²) in [5, 5.41) is 3.89. The topological polar surface area (TPSA) is 46.1 Å². The van der Waals surface area contributed by atoms with E-state index in [1.54, 1.807) is 29.3 Å². The number of benzene rings is 1. The van der Waals surface area contributed by atoms with Gasteiger partial charge in [0.15, 0.2) is 0 Å². The van der Waals surface area contributed by atoms with Crippen LogP contribution in [0.5, 0.6) is 0 Å². The largest absolute Gasteiger partial charge is 0.302 e. The summed E-state index contributed by atoms with van der Waals surface area (Å²) in [6.45, 7) is 0.713. The molecule has 3 aromatic rings. The fourth-order valence-corrected chi connectivity index (χ4v) is 4.65. The van der Waals surface area contributed by atoms with Gasteiger partial charge in [-0.15, -0.1) is 23.1 Å². The average molecular weight is 444 g/mol. The second-order valence-corrected chi connectivity index (χ2v) is 8.50. The molecule has 26 heavy (non-hydrogen) atoms. The highest BCUT2D eigenvalue weighted by molar-refractivity contribution is 9.10. The number of hydrogen-bond acceptors (Lipinski definition) is 5. The van der Waals surface area contributed by atoms with Crippen molar-refractivity contribution in [2.75, 3.05) is 12.3 Å². The molecule has 0 aliphatic carbocycles. The van der Waals surface area contributed by atoms with Gasteiger partial charge in [-0.2, -0.15) is 0 Å². The van der Waals surface area contributed by atoms with Crippen molar-refractivity contribution < 1.29 is 4.79 Å². The Bertz CT molecular complexity index is 954. The Balaban J connectivity index is 1.57. The van der Waals surface area contributed by atoms with E-state index in [0.717, 1.165) is 31.5 Å². The summed E-state index contributed by atoms with van der Waals surface area (Å²) < 4.78 is 0.964. The van der Waals surface area contributed by atoms with Crippen LogP contribution in [0.4, 0.5) is 0 Å². The summed E-state index contributed by atoms with van der Waals surface area (Å²) in [6, 6.07) is 11.4. The normalized spacial score (nSPS) is 15.6. The zero-order valence-corrected chi connectivity index (χ0v) is 16.9. The molecular formula is C19H14BrN3OS2.